The number of aromatic nitrogens is 2. The van der Waals surface area contributed by atoms with Gasteiger partial charge in [-0.05, 0) is 20.2 Å². The van der Waals surface area contributed by atoms with Crippen LogP contribution in [0.1, 0.15) is 28.2 Å². The molecule has 0 spiro atoms. The molecule has 0 bridgehead atoms. The van der Waals surface area contributed by atoms with E-state index in [0.717, 1.165) is 17.3 Å². The molecule has 0 unspecified atom stereocenters. The minimum Gasteiger partial charge on any atom is -0.309 e. The van der Waals surface area contributed by atoms with E-state index in [1.165, 1.54) is 6.07 Å². The Labute approximate surface area is 167 Å². The first kappa shape index (κ1) is 19.4. The molecule has 29 heavy (non-hydrogen) atoms. The van der Waals surface area contributed by atoms with E-state index < -0.39 is 11.7 Å². The highest BCUT2D eigenvalue weighted by Crippen LogP contribution is 2.38. The molecular formula is C22H21F3N4. The first-order chi connectivity index (χ1) is 13.9. The maximum absolute atomic E-state index is 14.0. The van der Waals surface area contributed by atoms with Gasteiger partial charge in [0.15, 0.2) is 0 Å². The Bertz CT molecular complexity index is 1050. The Morgan fingerprint density at radius 3 is 2.48 bits per heavy atom. The van der Waals surface area contributed by atoms with Gasteiger partial charge in [0.2, 0.25) is 0 Å². The fraction of sp³-hybridized carbons (Fsp3) is 0.273. The molecule has 150 valence electrons. The smallest absolute Gasteiger partial charge is 0.309 e. The number of hydrogen-bond acceptors (Lipinski definition) is 3. The highest BCUT2D eigenvalue weighted by Gasteiger charge is 2.37. The summed E-state index contributed by atoms with van der Waals surface area (Å²) in [5.41, 5.74) is 1.99. The SMILES string of the molecule is CN(C)CCc1cnc2n1-c1c(cccc1C(F)(F)F)C(c1ccccc1)=NC2. The third-order valence-electron chi connectivity index (χ3n) is 4.97. The van der Waals surface area contributed by atoms with Crippen LogP contribution in [0.25, 0.3) is 5.69 Å². The number of rotatable bonds is 4. The number of nitrogens with zero attached hydrogens (tertiary/aromatic N) is 4. The molecule has 0 amide bonds. The van der Waals surface area contributed by atoms with Gasteiger partial charge in [0.1, 0.15) is 5.82 Å². The first-order valence-electron chi connectivity index (χ1n) is 9.37. The van der Waals surface area contributed by atoms with E-state index in [1.807, 2.05) is 49.3 Å². The van der Waals surface area contributed by atoms with Crippen LogP contribution < -0.4 is 0 Å². The van der Waals surface area contributed by atoms with Crippen LogP contribution in [0.15, 0.2) is 59.7 Å². The molecule has 1 aromatic heterocycles. The summed E-state index contributed by atoms with van der Waals surface area (Å²) in [6.07, 6.45) is -2.23. The summed E-state index contributed by atoms with van der Waals surface area (Å²) in [5.74, 6) is 0.516. The van der Waals surface area contributed by atoms with Crippen molar-refractivity contribution in [2.24, 2.45) is 4.99 Å². The van der Waals surface area contributed by atoms with Gasteiger partial charge in [-0.15, -0.1) is 0 Å². The van der Waals surface area contributed by atoms with Crippen LogP contribution in [0.4, 0.5) is 13.2 Å². The minimum absolute atomic E-state index is 0.112. The lowest BCUT2D eigenvalue weighted by molar-refractivity contribution is -0.137. The number of imidazole rings is 1. The van der Waals surface area contributed by atoms with Gasteiger partial charge in [-0.1, -0.05) is 42.5 Å². The van der Waals surface area contributed by atoms with E-state index in [0.29, 0.717) is 30.1 Å². The number of benzene rings is 2. The van der Waals surface area contributed by atoms with Gasteiger partial charge >= 0.3 is 6.18 Å². The molecule has 0 radical (unpaired) electrons. The van der Waals surface area contributed by atoms with Gasteiger partial charge in [0, 0.05) is 36.0 Å². The monoisotopic (exact) mass is 398 g/mol. The van der Waals surface area contributed by atoms with Gasteiger partial charge in [0.25, 0.3) is 0 Å². The quantitative estimate of drug-likeness (QED) is 0.655. The fourth-order valence-corrected chi connectivity index (χ4v) is 3.61. The zero-order valence-electron chi connectivity index (χ0n) is 16.2. The zero-order valence-corrected chi connectivity index (χ0v) is 16.2. The highest BCUT2D eigenvalue weighted by molar-refractivity contribution is 6.15. The molecule has 7 heteroatoms. The number of fused-ring (bicyclic) bond motifs is 3. The van der Waals surface area contributed by atoms with Crippen molar-refractivity contribution in [2.75, 3.05) is 20.6 Å². The molecule has 2 aromatic carbocycles. The van der Waals surface area contributed by atoms with Crippen LogP contribution in [-0.2, 0) is 19.1 Å². The lowest BCUT2D eigenvalue weighted by Gasteiger charge is -2.20. The predicted octanol–water partition coefficient (Wildman–Crippen LogP) is 4.35. The van der Waals surface area contributed by atoms with Gasteiger partial charge < -0.3 is 4.90 Å². The van der Waals surface area contributed by atoms with E-state index in [4.69, 9.17) is 0 Å². The predicted molar refractivity (Wildman–Crippen MR) is 107 cm³/mol. The number of hydrogen-bond donors (Lipinski definition) is 0. The van der Waals surface area contributed by atoms with Gasteiger partial charge in [-0.25, -0.2) is 4.98 Å². The van der Waals surface area contributed by atoms with E-state index in [9.17, 15) is 13.2 Å². The molecule has 4 rings (SSSR count). The maximum atomic E-state index is 14.0. The number of aliphatic imine (C=N–C) groups is 1. The van der Waals surface area contributed by atoms with E-state index in [1.54, 1.807) is 16.8 Å². The topological polar surface area (TPSA) is 33.4 Å². The molecule has 1 aliphatic rings. The molecule has 2 heterocycles. The zero-order chi connectivity index (χ0) is 20.6. The van der Waals surface area contributed by atoms with Gasteiger partial charge in [0.05, 0.1) is 23.5 Å². The van der Waals surface area contributed by atoms with Crippen molar-refractivity contribution in [2.45, 2.75) is 19.1 Å². The molecule has 0 saturated heterocycles. The van der Waals surface area contributed by atoms with Crippen LogP contribution in [-0.4, -0.2) is 40.8 Å². The molecule has 4 nitrogen and oxygen atoms in total. The molecule has 3 aromatic rings. The van der Waals surface area contributed by atoms with Crippen molar-refractivity contribution in [3.05, 3.63) is 82.9 Å². The number of para-hydroxylation sites is 1. The summed E-state index contributed by atoms with van der Waals surface area (Å²) in [7, 11) is 3.87. The average molecular weight is 398 g/mol. The molecule has 0 aliphatic carbocycles. The van der Waals surface area contributed by atoms with Crippen molar-refractivity contribution < 1.29 is 13.2 Å². The van der Waals surface area contributed by atoms with Crippen LogP contribution >= 0.6 is 0 Å². The lowest BCUT2D eigenvalue weighted by atomic mass is 9.97. The standard InChI is InChI=1S/C22H21F3N4/c1-28(2)12-11-16-13-26-19-14-27-20(15-7-4-3-5-8-15)17-9-6-10-18(22(23,24)25)21(17)29(16)19/h3-10,13H,11-12,14H2,1-2H3. The van der Waals surface area contributed by atoms with Crippen molar-refractivity contribution in [1.29, 1.82) is 0 Å². The summed E-state index contributed by atoms with van der Waals surface area (Å²) in [6.45, 7) is 0.930. The maximum Gasteiger partial charge on any atom is 0.418 e. The summed E-state index contributed by atoms with van der Waals surface area (Å²) < 4.78 is 43.7. The van der Waals surface area contributed by atoms with E-state index in [-0.39, 0.29) is 12.2 Å². The van der Waals surface area contributed by atoms with Crippen LogP contribution in [0.2, 0.25) is 0 Å². The highest BCUT2D eigenvalue weighted by atomic mass is 19.4. The summed E-state index contributed by atoms with van der Waals surface area (Å²) >= 11 is 0. The Balaban J connectivity index is 1.97. The number of alkyl halides is 3. The second-order valence-electron chi connectivity index (χ2n) is 7.28. The third kappa shape index (κ3) is 3.70. The largest absolute Gasteiger partial charge is 0.418 e. The second-order valence-corrected chi connectivity index (χ2v) is 7.28. The fourth-order valence-electron chi connectivity index (χ4n) is 3.61. The third-order valence-corrected chi connectivity index (χ3v) is 4.97. The van der Waals surface area contributed by atoms with Gasteiger partial charge in [-0.2, -0.15) is 13.2 Å². The van der Waals surface area contributed by atoms with Crippen molar-refractivity contribution in [3.8, 4) is 5.69 Å². The Kier molecular flexibility index (Phi) is 5.00. The summed E-state index contributed by atoms with van der Waals surface area (Å²) in [5, 5.41) is 0. The van der Waals surface area contributed by atoms with E-state index in [2.05, 4.69) is 9.98 Å². The lowest BCUT2D eigenvalue weighted by Crippen LogP contribution is -2.20. The van der Waals surface area contributed by atoms with Crippen LogP contribution in [0.5, 0.6) is 0 Å². The normalized spacial score (nSPS) is 13.7. The first-order valence-corrected chi connectivity index (χ1v) is 9.37. The Morgan fingerprint density at radius 2 is 1.79 bits per heavy atom. The molecular weight excluding hydrogens is 377 g/mol. The molecule has 0 atom stereocenters. The number of likely N-dealkylation sites (N-methyl/N-ethyl adjacent to an activating group) is 1. The van der Waals surface area contributed by atoms with E-state index >= 15 is 0 Å². The summed E-state index contributed by atoms with van der Waals surface area (Å²) in [4.78, 5) is 11.1. The molecule has 0 N–H and O–H groups in total. The Morgan fingerprint density at radius 1 is 1.03 bits per heavy atom. The van der Waals surface area contributed by atoms with Crippen LogP contribution in [0, 0.1) is 0 Å². The average Bonchev–Trinajstić information content (AvgIpc) is 3.01. The number of halogens is 3. The Hall–Kier alpha value is -2.93. The van der Waals surface area contributed by atoms with Gasteiger partial charge in [-0.3, -0.25) is 9.56 Å². The van der Waals surface area contributed by atoms with Crippen molar-refractivity contribution in [1.82, 2.24) is 14.5 Å². The van der Waals surface area contributed by atoms with Crippen molar-refractivity contribution in [3.63, 3.8) is 0 Å². The minimum atomic E-state index is -4.49. The molecule has 0 fully saturated rings. The molecule has 0 saturated carbocycles. The van der Waals surface area contributed by atoms with Crippen LogP contribution in [0.3, 0.4) is 0 Å². The summed E-state index contributed by atoms with van der Waals surface area (Å²) in [6, 6.07) is 13.6. The second kappa shape index (κ2) is 7.48. The van der Waals surface area contributed by atoms with Crippen molar-refractivity contribution >= 4 is 5.71 Å². The molecule has 1 aliphatic heterocycles.